The lowest BCUT2D eigenvalue weighted by molar-refractivity contribution is 0.222. The second-order valence-electron chi connectivity index (χ2n) is 3.30. The molecule has 0 unspecified atom stereocenters. The summed E-state index contributed by atoms with van der Waals surface area (Å²) in [4.78, 5) is 0. The standard InChI is InChI=1S/C10H21O3P/c1-5-12-14(11,13-6-2)9-7-8-10(3)4/h7-8,10H,5-6,9H2,1-4H3/b8-7+. The second-order valence-corrected chi connectivity index (χ2v) is 5.40. The first-order valence-electron chi connectivity index (χ1n) is 5.09. The van der Waals surface area contributed by atoms with Crippen LogP contribution in [0.15, 0.2) is 12.2 Å². The molecular weight excluding hydrogens is 199 g/mol. The average Bonchev–Trinajstić information content (AvgIpc) is 2.03. The molecule has 0 aromatic heterocycles. The highest BCUT2D eigenvalue weighted by Gasteiger charge is 2.20. The Hall–Kier alpha value is -0.110. The van der Waals surface area contributed by atoms with Crippen LogP contribution in [0.4, 0.5) is 0 Å². The van der Waals surface area contributed by atoms with Crippen molar-refractivity contribution in [3.63, 3.8) is 0 Å². The quantitative estimate of drug-likeness (QED) is 0.487. The summed E-state index contributed by atoms with van der Waals surface area (Å²) in [5.74, 6) is 0.465. The first kappa shape index (κ1) is 13.9. The minimum Gasteiger partial charge on any atom is -0.309 e. The molecule has 4 heteroatoms. The Kier molecular flexibility index (Phi) is 7.16. The Morgan fingerprint density at radius 1 is 1.21 bits per heavy atom. The lowest BCUT2D eigenvalue weighted by Gasteiger charge is -2.14. The molecule has 0 saturated heterocycles. The molecule has 0 saturated carbocycles. The van der Waals surface area contributed by atoms with E-state index in [1.807, 2.05) is 26.0 Å². The molecule has 0 aliphatic carbocycles. The fourth-order valence-electron chi connectivity index (χ4n) is 0.998. The highest BCUT2D eigenvalue weighted by atomic mass is 31.2. The van der Waals surface area contributed by atoms with Gasteiger partial charge in [-0.3, -0.25) is 4.57 Å². The molecule has 0 bridgehead atoms. The van der Waals surface area contributed by atoms with E-state index >= 15 is 0 Å². The van der Waals surface area contributed by atoms with Gasteiger partial charge in [0.1, 0.15) is 0 Å². The van der Waals surface area contributed by atoms with Gasteiger partial charge in [0, 0.05) is 0 Å². The molecule has 84 valence electrons. The van der Waals surface area contributed by atoms with Gasteiger partial charge < -0.3 is 9.05 Å². The van der Waals surface area contributed by atoms with Crippen molar-refractivity contribution in [1.82, 2.24) is 0 Å². The van der Waals surface area contributed by atoms with Crippen molar-refractivity contribution in [2.45, 2.75) is 27.7 Å². The molecule has 0 heterocycles. The zero-order valence-corrected chi connectivity index (χ0v) is 10.4. The van der Waals surface area contributed by atoms with Gasteiger partial charge in [0.25, 0.3) is 0 Å². The maximum atomic E-state index is 11.9. The van der Waals surface area contributed by atoms with Crippen LogP contribution in [-0.4, -0.2) is 19.4 Å². The molecule has 0 radical (unpaired) electrons. The SMILES string of the molecule is CCOP(=O)(C/C=C/C(C)C)OCC. The molecule has 0 amide bonds. The molecule has 14 heavy (non-hydrogen) atoms. The van der Waals surface area contributed by atoms with E-state index in [1.165, 1.54) is 0 Å². The fraction of sp³-hybridized carbons (Fsp3) is 0.800. The van der Waals surface area contributed by atoms with Crippen LogP contribution < -0.4 is 0 Å². The number of hydrogen-bond donors (Lipinski definition) is 0. The van der Waals surface area contributed by atoms with E-state index in [4.69, 9.17) is 9.05 Å². The summed E-state index contributed by atoms with van der Waals surface area (Å²) in [7, 11) is -2.86. The van der Waals surface area contributed by atoms with Gasteiger partial charge in [-0.15, -0.1) is 0 Å². The Morgan fingerprint density at radius 2 is 1.71 bits per heavy atom. The topological polar surface area (TPSA) is 35.5 Å². The van der Waals surface area contributed by atoms with Crippen LogP contribution in [-0.2, 0) is 13.6 Å². The van der Waals surface area contributed by atoms with Gasteiger partial charge in [-0.25, -0.2) is 0 Å². The Balaban J connectivity index is 4.15. The summed E-state index contributed by atoms with van der Waals surface area (Å²) in [6, 6.07) is 0. The van der Waals surface area contributed by atoms with Crippen molar-refractivity contribution in [1.29, 1.82) is 0 Å². The monoisotopic (exact) mass is 220 g/mol. The van der Waals surface area contributed by atoms with E-state index in [0.29, 0.717) is 25.3 Å². The zero-order valence-electron chi connectivity index (χ0n) is 9.53. The number of rotatable bonds is 7. The van der Waals surface area contributed by atoms with Crippen LogP contribution >= 0.6 is 7.60 Å². The van der Waals surface area contributed by atoms with Crippen molar-refractivity contribution in [3.05, 3.63) is 12.2 Å². The van der Waals surface area contributed by atoms with Gasteiger partial charge >= 0.3 is 7.60 Å². The first-order valence-corrected chi connectivity index (χ1v) is 6.81. The van der Waals surface area contributed by atoms with Gasteiger partial charge in [0.2, 0.25) is 0 Å². The largest absolute Gasteiger partial charge is 0.334 e. The van der Waals surface area contributed by atoms with Crippen molar-refractivity contribution in [3.8, 4) is 0 Å². The smallest absolute Gasteiger partial charge is 0.309 e. The molecule has 0 atom stereocenters. The minimum atomic E-state index is -2.86. The Bertz CT molecular complexity index is 201. The molecule has 0 N–H and O–H groups in total. The predicted octanol–water partition coefficient (Wildman–Crippen LogP) is 3.46. The van der Waals surface area contributed by atoms with Crippen molar-refractivity contribution >= 4 is 7.60 Å². The minimum absolute atomic E-state index is 0.368. The van der Waals surface area contributed by atoms with Crippen LogP contribution in [0, 0.1) is 5.92 Å². The first-order chi connectivity index (χ1) is 6.54. The molecule has 0 rings (SSSR count). The average molecular weight is 220 g/mol. The molecule has 0 aliphatic rings. The van der Waals surface area contributed by atoms with E-state index in [2.05, 4.69) is 13.8 Å². The van der Waals surface area contributed by atoms with Crippen LogP contribution in [0.25, 0.3) is 0 Å². The molecule has 0 aromatic carbocycles. The molecule has 0 aromatic rings. The van der Waals surface area contributed by atoms with Gasteiger partial charge in [0.05, 0.1) is 19.4 Å². The molecule has 0 aliphatic heterocycles. The van der Waals surface area contributed by atoms with Crippen molar-refractivity contribution < 1.29 is 13.6 Å². The van der Waals surface area contributed by atoms with Gasteiger partial charge in [-0.05, 0) is 19.8 Å². The lowest BCUT2D eigenvalue weighted by atomic mass is 10.2. The maximum Gasteiger partial charge on any atom is 0.334 e. The second kappa shape index (κ2) is 7.22. The Labute approximate surface area is 87.0 Å². The summed E-state index contributed by atoms with van der Waals surface area (Å²) in [6.45, 7) is 8.63. The predicted molar refractivity (Wildman–Crippen MR) is 59.7 cm³/mol. The third-order valence-corrected chi connectivity index (χ3v) is 3.46. The zero-order chi connectivity index (χ0) is 11.0. The summed E-state index contributed by atoms with van der Waals surface area (Å²) >= 11 is 0. The van der Waals surface area contributed by atoms with Crippen LogP contribution in [0.1, 0.15) is 27.7 Å². The number of hydrogen-bond acceptors (Lipinski definition) is 3. The molecule has 0 spiro atoms. The molecule has 3 nitrogen and oxygen atoms in total. The Morgan fingerprint density at radius 3 is 2.07 bits per heavy atom. The molecule has 0 fully saturated rings. The van der Waals surface area contributed by atoms with E-state index in [-0.39, 0.29) is 0 Å². The van der Waals surface area contributed by atoms with Crippen molar-refractivity contribution in [2.75, 3.05) is 19.4 Å². The summed E-state index contributed by atoms with van der Waals surface area (Å²) < 4.78 is 22.2. The van der Waals surface area contributed by atoms with Crippen molar-refractivity contribution in [2.24, 2.45) is 5.92 Å². The number of allylic oxidation sites excluding steroid dienone is 2. The summed E-state index contributed by atoms with van der Waals surface area (Å²) in [5, 5.41) is 0. The highest BCUT2D eigenvalue weighted by molar-refractivity contribution is 7.54. The van der Waals surface area contributed by atoms with Crippen LogP contribution in [0.2, 0.25) is 0 Å². The van der Waals surface area contributed by atoms with E-state index in [1.54, 1.807) is 0 Å². The third-order valence-electron chi connectivity index (χ3n) is 1.50. The van der Waals surface area contributed by atoms with Gasteiger partial charge in [0.15, 0.2) is 0 Å². The highest BCUT2D eigenvalue weighted by Crippen LogP contribution is 2.47. The van der Waals surface area contributed by atoms with E-state index < -0.39 is 7.60 Å². The molecular formula is C10H21O3P. The van der Waals surface area contributed by atoms with Gasteiger partial charge in [-0.2, -0.15) is 0 Å². The maximum absolute atomic E-state index is 11.9. The third kappa shape index (κ3) is 6.36. The van der Waals surface area contributed by atoms with Crippen LogP contribution in [0.3, 0.4) is 0 Å². The lowest BCUT2D eigenvalue weighted by Crippen LogP contribution is -1.98. The van der Waals surface area contributed by atoms with E-state index in [9.17, 15) is 4.57 Å². The summed E-state index contributed by atoms with van der Waals surface area (Å²) in [6.07, 6.45) is 4.24. The fourth-order valence-corrected chi connectivity index (χ4v) is 2.45. The van der Waals surface area contributed by atoms with Gasteiger partial charge in [-0.1, -0.05) is 26.0 Å². The van der Waals surface area contributed by atoms with Crippen LogP contribution in [0.5, 0.6) is 0 Å². The van der Waals surface area contributed by atoms with E-state index in [0.717, 1.165) is 0 Å². The summed E-state index contributed by atoms with van der Waals surface area (Å²) in [5.41, 5.74) is 0. The normalized spacial score (nSPS) is 12.9.